The van der Waals surface area contributed by atoms with Crippen molar-refractivity contribution in [2.45, 2.75) is 0 Å². The van der Waals surface area contributed by atoms with Crippen molar-refractivity contribution in [2.75, 3.05) is 0 Å². The molecule has 94 valence electrons. The van der Waals surface area contributed by atoms with Crippen LogP contribution in [0.3, 0.4) is 0 Å². The largest absolute Gasteiger partial charge is 0.397 e. The van der Waals surface area contributed by atoms with Gasteiger partial charge < -0.3 is 5.73 Å². The van der Waals surface area contributed by atoms with Gasteiger partial charge in [-0.25, -0.2) is 0 Å². The van der Waals surface area contributed by atoms with E-state index in [2.05, 4.69) is 31.9 Å². The topological polar surface area (TPSA) is 60.2 Å². The van der Waals surface area contributed by atoms with Crippen LogP contribution >= 0.6 is 31.9 Å². The first-order valence-electron chi connectivity index (χ1n) is 5.48. The van der Waals surface area contributed by atoms with E-state index < -0.39 is 0 Å². The average Bonchev–Trinajstić information content (AvgIpc) is 2.43. The van der Waals surface area contributed by atoms with Crippen molar-refractivity contribution in [2.24, 2.45) is 5.73 Å². The first-order chi connectivity index (χ1) is 9.02. The van der Waals surface area contributed by atoms with Crippen molar-refractivity contribution in [1.29, 1.82) is 0 Å². The summed E-state index contributed by atoms with van der Waals surface area (Å²) in [5.74, 6) is -0.492. The van der Waals surface area contributed by atoms with E-state index in [1.165, 1.54) is 0 Å². The lowest BCUT2D eigenvalue weighted by Gasteiger charge is -2.24. The third kappa shape index (κ3) is 1.69. The number of nitrogens with two attached hydrogens (primary N) is 1. The Morgan fingerprint density at radius 3 is 2.37 bits per heavy atom. The van der Waals surface area contributed by atoms with Gasteiger partial charge in [-0.2, -0.15) is 0 Å². The van der Waals surface area contributed by atoms with Gasteiger partial charge in [-0.1, -0.05) is 24.3 Å². The minimum absolute atomic E-state index is 0.184. The molecule has 2 aliphatic rings. The van der Waals surface area contributed by atoms with Gasteiger partial charge in [-0.3, -0.25) is 9.59 Å². The molecule has 3 nitrogen and oxygen atoms in total. The van der Waals surface area contributed by atoms with E-state index in [9.17, 15) is 9.59 Å². The number of fused-ring (bicyclic) bond motifs is 2. The summed E-state index contributed by atoms with van der Waals surface area (Å²) in [6, 6.07) is 7.24. The SMILES string of the molecule is NC1=C(Br)C(=O)C(Br)=C2C(=O)c3ccccc3C=C12. The normalized spacial score (nSPS) is 18.3. The summed E-state index contributed by atoms with van der Waals surface area (Å²) >= 11 is 6.37. The quantitative estimate of drug-likeness (QED) is 0.752. The molecule has 0 radical (unpaired) electrons. The summed E-state index contributed by atoms with van der Waals surface area (Å²) in [5, 5.41) is 0. The fourth-order valence-corrected chi connectivity index (χ4v) is 3.46. The van der Waals surface area contributed by atoms with Crippen LogP contribution in [0.5, 0.6) is 0 Å². The fraction of sp³-hybridized carbons (Fsp3) is 0. The lowest BCUT2D eigenvalue weighted by molar-refractivity contribution is -0.111. The van der Waals surface area contributed by atoms with Gasteiger partial charge in [0.2, 0.25) is 5.78 Å². The predicted molar refractivity (Wildman–Crippen MR) is 79.8 cm³/mol. The molecule has 19 heavy (non-hydrogen) atoms. The Balaban J connectivity index is 2.37. The molecule has 1 aromatic carbocycles. The summed E-state index contributed by atoms with van der Waals surface area (Å²) in [6.07, 6.45) is 1.83. The van der Waals surface area contributed by atoms with Crippen molar-refractivity contribution in [3.8, 4) is 0 Å². The molecule has 0 unspecified atom stereocenters. The number of halogens is 2. The lowest BCUT2D eigenvalue weighted by atomic mass is 9.82. The second-order valence-corrected chi connectivity index (χ2v) is 5.81. The molecule has 1 aromatic rings. The van der Waals surface area contributed by atoms with Crippen LogP contribution in [0.15, 0.2) is 50.1 Å². The number of hydrogen-bond acceptors (Lipinski definition) is 3. The van der Waals surface area contributed by atoms with E-state index >= 15 is 0 Å². The monoisotopic (exact) mass is 379 g/mol. The van der Waals surface area contributed by atoms with Crippen LogP contribution in [-0.4, -0.2) is 11.6 Å². The Hall–Kier alpha value is -1.46. The zero-order valence-corrected chi connectivity index (χ0v) is 12.7. The number of Topliss-reactive ketones (excluding diaryl/α,β-unsaturated/α-hetero) is 2. The molecular weight excluding hydrogens is 374 g/mol. The second kappa shape index (κ2) is 4.28. The molecule has 5 heteroatoms. The maximum Gasteiger partial charge on any atom is 0.209 e. The maximum atomic E-state index is 12.5. The van der Waals surface area contributed by atoms with Gasteiger partial charge in [0, 0.05) is 11.1 Å². The highest BCUT2D eigenvalue weighted by molar-refractivity contribution is 9.13. The molecule has 0 bridgehead atoms. The number of carbonyl (C=O) groups excluding carboxylic acids is 2. The summed E-state index contributed by atoms with van der Waals surface area (Å²) in [6.45, 7) is 0. The van der Waals surface area contributed by atoms with E-state index in [0.717, 1.165) is 5.56 Å². The molecule has 0 saturated carbocycles. The second-order valence-electron chi connectivity index (χ2n) is 4.22. The van der Waals surface area contributed by atoms with Crippen LogP contribution < -0.4 is 5.73 Å². The summed E-state index contributed by atoms with van der Waals surface area (Å²) in [7, 11) is 0. The molecule has 0 aliphatic heterocycles. The molecule has 3 rings (SSSR count). The van der Waals surface area contributed by atoms with Gasteiger partial charge in [0.25, 0.3) is 0 Å². The van der Waals surface area contributed by atoms with E-state index in [1.54, 1.807) is 12.1 Å². The minimum Gasteiger partial charge on any atom is -0.397 e. The lowest BCUT2D eigenvalue weighted by Crippen LogP contribution is -2.24. The number of carbonyl (C=O) groups is 2. The minimum atomic E-state index is -0.308. The van der Waals surface area contributed by atoms with Gasteiger partial charge in [0.15, 0.2) is 5.78 Å². The zero-order valence-electron chi connectivity index (χ0n) is 9.54. The third-order valence-corrected chi connectivity index (χ3v) is 4.69. The third-order valence-electron chi connectivity index (χ3n) is 3.15. The highest BCUT2D eigenvalue weighted by atomic mass is 79.9. The molecule has 0 aromatic heterocycles. The number of benzene rings is 1. The van der Waals surface area contributed by atoms with Crippen LogP contribution in [0.2, 0.25) is 0 Å². The molecule has 0 atom stereocenters. The van der Waals surface area contributed by atoms with E-state index in [0.29, 0.717) is 22.4 Å². The first-order valence-corrected chi connectivity index (χ1v) is 7.07. The molecule has 0 amide bonds. The van der Waals surface area contributed by atoms with Crippen molar-refractivity contribution in [1.82, 2.24) is 0 Å². The Morgan fingerprint density at radius 2 is 1.63 bits per heavy atom. The van der Waals surface area contributed by atoms with Gasteiger partial charge in [-0.05, 0) is 43.5 Å². The van der Waals surface area contributed by atoms with E-state index in [1.807, 2.05) is 18.2 Å². The number of hydrogen-bond donors (Lipinski definition) is 1. The summed E-state index contributed by atoms with van der Waals surface area (Å²) in [5.41, 5.74) is 8.55. The molecule has 0 heterocycles. The summed E-state index contributed by atoms with van der Waals surface area (Å²) in [4.78, 5) is 24.5. The van der Waals surface area contributed by atoms with Crippen molar-refractivity contribution in [3.63, 3.8) is 0 Å². The van der Waals surface area contributed by atoms with Crippen LogP contribution in [0.4, 0.5) is 0 Å². The van der Waals surface area contributed by atoms with Gasteiger partial charge in [-0.15, -0.1) is 0 Å². The number of ketones is 2. The summed E-state index contributed by atoms with van der Waals surface area (Å²) < 4.78 is 0.529. The zero-order chi connectivity index (χ0) is 13.7. The number of allylic oxidation sites excluding steroid dienone is 3. The molecule has 2 N–H and O–H groups in total. The van der Waals surface area contributed by atoms with Crippen molar-refractivity contribution in [3.05, 3.63) is 61.2 Å². The van der Waals surface area contributed by atoms with Crippen LogP contribution in [0.25, 0.3) is 6.08 Å². The van der Waals surface area contributed by atoms with Crippen molar-refractivity contribution >= 4 is 49.5 Å². The highest BCUT2D eigenvalue weighted by Gasteiger charge is 2.35. The van der Waals surface area contributed by atoms with Crippen LogP contribution in [0, 0.1) is 0 Å². The highest BCUT2D eigenvalue weighted by Crippen LogP contribution is 2.40. The Kier molecular flexibility index (Phi) is 2.83. The number of rotatable bonds is 0. The average molecular weight is 381 g/mol. The fourth-order valence-electron chi connectivity index (χ4n) is 2.20. The van der Waals surface area contributed by atoms with Crippen LogP contribution in [-0.2, 0) is 4.79 Å². The Labute approximate surface area is 126 Å². The van der Waals surface area contributed by atoms with E-state index in [-0.39, 0.29) is 20.5 Å². The smallest absolute Gasteiger partial charge is 0.209 e. The molecule has 0 saturated heterocycles. The van der Waals surface area contributed by atoms with E-state index in [4.69, 9.17) is 5.73 Å². The molecule has 2 aliphatic carbocycles. The first kappa shape index (κ1) is 12.6. The van der Waals surface area contributed by atoms with Gasteiger partial charge in [0.1, 0.15) is 0 Å². The van der Waals surface area contributed by atoms with Gasteiger partial charge in [0.05, 0.1) is 20.2 Å². The molecular formula is C14H7Br2NO2. The standard InChI is InChI=1S/C14H7Br2NO2/c15-10-9-8(12(17)11(16)14(10)19)5-6-3-1-2-4-7(6)13(9)18/h1-5H,17H2. The van der Waals surface area contributed by atoms with Crippen LogP contribution in [0.1, 0.15) is 15.9 Å². The Morgan fingerprint density at radius 1 is 0.947 bits per heavy atom. The van der Waals surface area contributed by atoms with Gasteiger partial charge >= 0.3 is 0 Å². The maximum absolute atomic E-state index is 12.5. The predicted octanol–water partition coefficient (Wildman–Crippen LogP) is 3.06. The van der Waals surface area contributed by atoms with Crippen molar-refractivity contribution < 1.29 is 9.59 Å². The Bertz CT molecular complexity index is 742. The molecule has 0 fully saturated rings. The molecule has 0 spiro atoms.